The molecule has 23 heavy (non-hydrogen) atoms. The van der Waals surface area contributed by atoms with E-state index in [2.05, 4.69) is 41.4 Å². The molecule has 2 N–H and O–H groups in total. The van der Waals surface area contributed by atoms with Crippen molar-refractivity contribution in [3.05, 3.63) is 16.1 Å². The first-order chi connectivity index (χ1) is 10.7. The molecular weight excluding hydrogens is 423 g/mol. The van der Waals surface area contributed by atoms with Crippen LogP contribution in [-0.2, 0) is 17.6 Å². The third-order valence-electron chi connectivity index (χ3n) is 3.01. The summed E-state index contributed by atoms with van der Waals surface area (Å²) < 4.78 is 5.56. The number of nitrogens with zero attached hydrogens (tertiary/aromatic N) is 2. The van der Waals surface area contributed by atoms with Gasteiger partial charge in [0.05, 0.1) is 5.01 Å². The van der Waals surface area contributed by atoms with Crippen LogP contribution in [0.2, 0.25) is 0 Å². The van der Waals surface area contributed by atoms with Crippen molar-refractivity contribution in [3.8, 4) is 0 Å². The first-order valence-corrected chi connectivity index (χ1v) is 8.93. The summed E-state index contributed by atoms with van der Waals surface area (Å²) in [7, 11) is 1.79. The van der Waals surface area contributed by atoms with Gasteiger partial charge in [-0.2, -0.15) is 0 Å². The van der Waals surface area contributed by atoms with E-state index in [-0.39, 0.29) is 24.0 Å². The van der Waals surface area contributed by atoms with Gasteiger partial charge in [-0.3, -0.25) is 4.99 Å². The number of nitrogens with one attached hydrogen (secondary N) is 2. The summed E-state index contributed by atoms with van der Waals surface area (Å²) in [6.07, 6.45) is 4.96. The maximum absolute atomic E-state index is 5.56. The first kappa shape index (κ1) is 22.6. The number of rotatable bonds is 10. The summed E-state index contributed by atoms with van der Waals surface area (Å²) in [5, 5.41) is 7.80. The van der Waals surface area contributed by atoms with E-state index in [1.54, 1.807) is 18.4 Å². The molecule has 0 saturated carbocycles. The Balaban J connectivity index is 0.00000484. The Bertz CT molecular complexity index is 437. The molecule has 7 heteroatoms. The molecular formula is C16H31IN4OS. The predicted molar refractivity (Wildman–Crippen MR) is 110 cm³/mol. The van der Waals surface area contributed by atoms with Gasteiger partial charge >= 0.3 is 0 Å². The van der Waals surface area contributed by atoms with E-state index in [1.807, 2.05) is 6.20 Å². The highest BCUT2D eigenvalue weighted by Gasteiger charge is 2.02. The summed E-state index contributed by atoms with van der Waals surface area (Å²) >= 11 is 1.79. The average molecular weight is 454 g/mol. The molecule has 0 aromatic carbocycles. The van der Waals surface area contributed by atoms with Gasteiger partial charge in [-0.25, -0.2) is 4.98 Å². The lowest BCUT2D eigenvalue weighted by atomic mass is 10.2. The van der Waals surface area contributed by atoms with Crippen molar-refractivity contribution in [1.82, 2.24) is 15.6 Å². The van der Waals surface area contributed by atoms with Crippen molar-refractivity contribution < 1.29 is 4.74 Å². The molecule has 0 amide bonds. The van der Waals surface area contributed by atoms with E-state index in [9.17, 15) is 0 Å². The summed E-state index contributed by atoms with van der Waals surface area (Å²) in [6, 6.07) is 0. The van der Waals surface area contributed by atoms with Crippen LogP contribution in [0.5, 0.6) is 0 Å². The highest BCUT2D eigenvalue weighted by molar-refractivity contribution is 14.0. The summed E-state index contributed by atoms with van der Waals surface area (Å²) in [4.78, 5) is 9.99. The van der Waals surface area contributed by atoms with Crippen LogP contribution in [0, 0.1) is 5.92 Å². The number of guanidine groups is 1. The molecule has 0 radical (unpaired) electrons. The SMILES string of the molecule is CCc1cnc(CCNC(=NC)NCCCOCC(C)C)s1.I. The van der Waals surface area contributed by atoms with Gasteiger partial charge in [0, 0.05) is 50.8 Å². The normalized spacial score (nSPS) is 11.4. The minimum absolute atomic E-state index is 0. The molecule has 0 fully saturated rings. The lowest BCUT2D eigenvalue weighted by molar-refractivity contribution is 0.108. The largest absolute Gasteiger partial charge is 0.381 e. The molecule has 1 heterocycles. The molecule has 1 rings (SSSR count). The van der Waals surface area contributed by atoms with E-state index in [4.69, 9.17) is 4.74 Å². The van der Waals surface area contributed by atoms with Crippen LogP contribution < -0.4 is 10.6 Å². The monoisotopic (exact) mass is 454 g/mol. The van der Waals surface area contributed by atoms with Gasteiger partial charge in [0.2, 0.25) is 0 Å². The van der Waals surface area contributed by atoms with Crippen LogP contribution in [0.3, 0.4) is 0 Å². The number of aryl methyl sites for hydroxylation is 1. The van der Waals surface area contributed by atoms with E-state index >= 15 is 0 Å². The fourth-order valence-corrected chi connectivity index (χ4v) is 2.70. The maximum Gasteiger partial charge on any atom is 0.190 e. The third-order valence-corrected chi connectivity index (χ3v) is 4.22. The van der Waals surface area contributed by atoms with Crippen LogP contribution in [0.15, 0.2) is 11.2 Å². The van der Waals surface area contributed by atoms with Gasteiger partial charge in [0.15, 0.2) is 5.96 Å². The van der Waals surface area contributed by atoms with Crippen molar-refractivity contribution >= 4 is 41.3 Å². The predicted octanol–water partition coefficient (Wildman–Crippen LogP) is 3.09. The summed E-state index contributed by atoms with van der Waals surface area (Å²) in [5.41, 5.74) is 0. The fourth-order valence-electron chi connectivity index (χ4n) is 1.84. The molecule has 0 atom stereocenters. The zero-order valence-electron chi connectivity index (χ0n) is 14.7. The number of aromatic nitrogens is 1. The van der Waals surface area contributed by atoms with Crippen molar-refractivity contribution in [2.45, 2.75) is 40.0 Å². The number of hydrogen-bond donors (Lipinski definition) is 2. The molecule has 5 nitrogen and oxygen atoms in total. The van der Waals surface area contributed by atoms with Gasteiger partial charge in [0.1, 0.15) is 0 Å². The number of aliphatic imine (C=N–C) groups is 1. The van der Waals surface area contributed by atoms with Crippen LogP contribution in [0.1, 0.15) is 37.1 Å². The van der Waals surface area contributed by atoms with Gasteiger partial charge in [-0.15, -0.1) is 35.3 Å². The molecule has 0 aliphatic heterocycles. The Morgan fingerprint density at radius 3 is 2.70 bits per heavy atom. The molecule has 0 aliphatic carbocycles. The van der Waals surface area contributed by atoms with Gasteiger partial charge in [-0.1, -0.05) is 20.8 Å². The Kier molecular flexibility index (Phi) is 13.7. The third kappa shape index (κ3) is 10.9. The van der Waals surface area contributed by atoms with Gasteiger partial charge in [-0.05, 0) is 18.8 Å². The number of halogens is 1. The zero-order chi connectivity index (χ0) is 16.2. The van der Waals surface area contributed by atoms with E-state index in [0.717, 1.165) is 51.5 Å². The highest BCUT2D eigenvalue weighted by atomic mass is 127. The Hall–Kier alpha value is -0.410. The second-order valence-corrected chi connectivity index (χ2v) is 6.77. The van der Waals surface area contributed by atoms with Crippen LogP contribution in [-0.4, -0.2) is 44.3 Å². The Morgan fingerprint density at radius 2 is 2.09 bits per heavy atom. The van der Waals surface area contributed by atoms with Crippen molar-refractivity contribution in [2.75, 3.05) is 33.4 Å². The Morgan fingerprint density at radius 1 is 1.35 bits per heavy atom. The van der Waals surface area contributed by atoms with Crippen LogP contribution in [0.25, 0.3) is 0 Å². The van der Waals surface area contributed by atoms with E-state index in [0.29, 0.717) is 5.92 Å². The molecule has 1 aromatic heterocycles. The summed E-state index contributed by atoms with van der Waals surface area (Å²) in [5.74, 6) is 1.44. The van der Waals surface area contributed by atoms with Crippen LogP contribution in [0.4, 0.5) is 0 Å². The number of ether oxygens (including phenoxy) is 1. The first-order valence-electron chi connectivity index (χ1n) is 8.11. The topological polar surface area (TPSA) is 58.5 Å². The van der Waals surface area contributed by atoms with E-state index in [1.165, 1.54) is 9.88 Å². The second kappa shape index (κ2) is 14.0. The molecule has 0 unspecified atom stereocenters. The summed E-state index contributed by atoms with van der Waals surface area (Å²) in [6.45, 7) is 9.83. The van der Waals surface area contributed by atoms with Crippen molar-refractivity contribution in [3.63, 3.8) is 0 Å². The molecule has 0 spiro atoms. The fraction of sp³-hybridized carbons (Fsp3) is 0.750. The smallest absolute Gasteiger partial charge is 0.190 e. The van der Waals surface area contributed by atoms with Gasteiger partial charge in [0.25, 0.3) is 0 Å². The molecule has 134 valence electrons. The maximum atomic E-state index is 5.56. The van der Waals surface area contributed by atoms with E-state index < -0.39 is 0 Å². The molecule has 1 aromatic rings. The number of hydrogen-bond acceptors (Lipinski definition) is 4. The standard InChI is InChI=1S/C16H30N4OS.HI/c1-5-14-11-20-15(22-14)7-9-19-16(17-4)18-8-6-10-21-12-13(2)3;/h11,13H,5-10,12H2,1-4H3,(H2,17,18,19);1H. The quantitative estimate of drug-likeness (QED) is 0.247. The highest BCUT2D eigenvalue weighted by Crippen LogP contribution is 2.13. The Labute approximate surface area is 161 Å². The van der Waals surface area contributed by atoms with Crippen LogP contribution >= 0.6 is 35.3 Å². The number of thiazole rings is 1. The molecule has 0 bridgehead atoms. The average Bonchev–Trinajstić information content (AvgIpc) is 2.96. The minimum atomic E-state index is 0. The van der Waals surface area contributed by atoms with Crippen molar-refractivity contribution in [1.29, 1.82) is 0 Å². The lowest BCUT2D eigenvalue weighted by Crippen LogP contribution is -2.39. The molecule has 0 saturated heterocycles. The van der Waals surface area contributed by atoms with Gasteiger partial charge < -0.3 is 15.4 Å². The lowest BCUT2D eigenvalue weighted by Gasteiger charge is -2.11. The minimum Gasteiger partial charge on any atom is -0.381 e. The van der Waals surface area contributed by atoms with Crippen molar-refractivity contribution in [2.24, 2.45) is 10.9 Å². The molecule has 0 aliphatic rings. The zero-order valence-corrected chi connectivity index (χ0v) is 17.9. The second-order valence-electron chi connectivity index (χ2n) is 5.57.